The van der Waals surface area contributed by atoms with Crippen molar-refractivity contribution < 1.29 is 9.52 Å². The summed E-state index contributed by atoms with van der Waals surface area (Å²) < 4.78 is 4.91. The third kappa shape index (κ3) is 2.39. The molecule has 2 heteroatoms. The zero-order valence-electron chi connectivity index (χ0n) is 6.95. The second-order valence-corrected chi connectivity index (χ2v) is 3.05. The summed E-state index contributed by atoms with van der Waals surface area (Å²) in [5, 5.41) is 9.19. The van der Waals surface area contributed by atoms with Gasteiger partial charge in [0.25, 0.3) is 0 Å². The molecule has 0 bridgehead atoms. The molecule has 0 amide bonds. The van der Waals surface area contributed by atoms with E-state index in [0.29, 0.717) is 5.92 Å². The highest BCUT2D eigenvalue weighted by atomic mass is 16.3. The molecule has 62 valence electrons. The Morgan fingerprint density at radius 3 is 2.73 bits per heavy atom. The lowest BCUT2D eigenvalue weighted by molar-refractivity contribution is 0.135. The minimum atomic E-state index is -0.245. The zero-order valence-corrected chi connectivity index (χ0v) is 6.95. The van der Waals surface area contributed by atoms with E-state index >= 15 is 0 Å². The molecule has 1 aromatic rings. The van der Waals surface area contributed by atoms with Crippen molar-refractivity contribution in [2.45, 2.75) is 26.4 Å². The lowest BCUT2D eigenvalue weighted by Gasteiger charge is -2.12. The van der Waals surface area contributed by atoms with Crippen LogP contribution in [0.1, 0.15) is 19.4 Å². The van der Waals surface area contributed by atoms with Crippen LogP contribution in [-0.4, -0.2) is 11.2 Å². The highest BCUT2D eigenvalue weighted by molar-refractivity contribution is 5.06. The lowest BCUT2D eigenvalue weighted by Crippen LogP contribution is -2.14. The maximum absolute atomic E-state index is 9.19. The quantitative estimate of drug-likeness (QED) is 0.720. The van der Waals surface area contributed by atoms with E-state index in [9.17, 15) is 5.11 Å². The highest BCUT2D eigenvalue weighted by Gasteiger charge is 2.09. The summed E-state index contributed by atoms with van der Waals surface area (Å²) in [6, 6.07) is 1.93. The van der Waals surface area contributed by atoms with Crippen LogP contribution in [0.4, 0.5) is 0 Å². The third-order valence-electron chi connectivity index (χ3n) is 1.96. The molecule has 0 aliphatic carbocycles. The van der Waals surface area contributed by atoms with Crippen molar-refractivity contribution in [1.82, 2.24) is 0 Å². The van der Waals surface area contributed by atoms with Crippen LogP contribution in [0.3, 0.4) is 0 Å². The van der Waals surface area contributed by atoms with Gasteiger partial charge in [0.05, 0.1) is 18.6 Å². The van der Waals surface area contributed by atoms with Crippen molar-refractivity contribution in [3.63, 3.8) is 0 Å². The van der Waals surface area contributed by atoms with Gasteiger partial charge in [-0.05, 0) is 30.9 Å². The van der Waals surface area contributed by atoms with E-state index in [4.69, 9.17) is 4.42 Å². The van der Waals surface area contributed by atoms with Gasteiger partial charge in [0.15, 0.2) is 0 Å². The molecule has 1 aromatic heterocycles. The molecular weight excluding hydrogens is 140 g/mol. The third-order valence-corrected chi connectivity index (χ3v) is 1.96. The topological polar surface area (TPSA) is 33.4 Å². The van der Waals surface area contributed by atoms with Crippen molar-refractivity contribution in [2.75, 3.05) is 0 Å². The van der Waals surface area contributed by atoms with E-state index in [2.05, 4.69) is 0 Å². The fourth-order valence-corrected chi connectivity index (χ4v) is 0.951. The van der Waals surface area contributed by atoms with E-state index in [1.807, 2.05) is 19.9 Å². The molecule has 0 spiro atoms. The summed E-state index contributed by atoms with van der Waals surface area (Å²) >= 11 is 0. The van der Waals surface area contributed by atoms with Crippen LogP contribution in [0.25, 0.3) is 0 Å². The number of hydrogen-bond donors (Lipinski definition) is 1. The first-order chi connectivity index (χ1) is 5.20. The summed E-state index contributed by atoms with van der Waals surface area (Å²) in [5.74, 6) is 0.299. The minimum Gasteiger partial charge on any atom is -0.472 e. The van der Waals surface area contributed by atoms with Gasteiger partial charge in [0.2, 0.25) is 0 Å². The molecule has 1 N–H and O–H groups in total. The minimum absolute atomic E-state index is 0.245. The summed E-state index contributed by atoms with van der Waals surface area (Å²) in [7, 11) is 0. The van der Waals surface area contributed by atoms with Crippen LogP contribution in [0.5, 0.6) is 0 Å². The van der Waals surface area contributed by atoms with Crippen LogP contribution in [0, 0.1) is 5.92 Å². The van der Waals surface area contributed by atoms with E-state index in [1.54, 1.807) is 12.5 Å². The van der Waals surface area contributed by atoms with Gasteiger partial charge in [0.1, 0.15) is 0 Å². The predicted octanol–water partition coefficient (Wildman–Crippen LogP) is 1.84. The Morgan fingerprint density at radius 2 is 2.27 bits per heavy atom. The fraction of sp³-hybridized carbons (Fsp3) is 0.556. The van der Waals surface area contributed by atoms with Gasteiger partial charge in [-0.25, -0.2) is 0 Å². The van der Waals surface area contributed by atoms with Gasteiger partial charge in [-0.15, -0.1) is 0 Å². The highest BCUT2D eigenvalue weighted by Crippen LogP contribution is 2.11. The predicted molar refractivity (Wildman–Crippen MR) is 43.3 cm³/mol. The van der Waals surface area contributed by atoms with Crippen molar-refractivity contribution in [2.24, 2.45) is 5.92 Å². The van der Waals surface area contributed by atoms with E-state index in [0.717, 1.165) is 12.0 Å². The summed E-state index contributed by atoms with van der Waals surface area (Å²) in [6.45, 7) is 3.84. The van der Waals surface area contributed by atoms with Gasteiger partial charge in [0, 0.05) is 0 Å². The summed E-state index contributed by atoms with van der Waals surface area (Å²) in [4.78, 5) is 0. The van der Waals surface area contributed by atoms with Crippen LogP contribution in [0.2, 0.25) is 0 Å². The second kappa shape index (κ2) is 3.58. The molecule has 0 saturated carbocycles. The first kappa shape index (κ1) is 8.34. The standard InChI is InChI=1S/C9H14O2/c1-7(8(2)10)5-9-3-4-11-6-9/h3-4,6-8,10H,5H2,1-2H3. The molecule has 2 unspecified atom stereocenters. The average molecular weight is 154 g/mol. The van der Waals surface area contributed by atoms with Crippen molar-refractivity contribution >= 4 is 0 Å². The van der Waals surface area contributed by atoms with Gasteiger partial charge in [-0.3, -0.25) is 0 Å². The molecule has 1 heterocycles. The number of aliphatic hydroxyl groups excluding tert-OH is 1. The Balaban J connectivity index is 2.43. The molecule has 0 radical (unpaired) electrons. The first-order valence-electron chi connectivity index (χ1n) is 3.89. The van der Waals surface area contributed by atoms with Gasteiger partial charge in [-0.1, -0.05) is 6.92 Å². The van der Waals surface area contributed by atoms with Crippen LogP contribution in [-0.2, 0) is 6.42 Å². The maximum atomic E-state index is 9.19. The number of rotatable bonds is 3. The van der Waals surface area contributed by atoms with Crippen molar-refractivity contribution in [1.29, 1.82) is 0 Å². The Labute approximate surface area is 66.8 Å². The Morgan fingerprint density at radius 1 is 1.55 bits per heavy atom. The molecule has 2 atom stereocenters. The van der Waals surface area contributed by atoms with Crippen LogP contribution >= 0.6 is 0 Å². The molecule has 0 saturated heterocycles. The van der Waals surface area contributed by atoms with Gasteiger partial charge < -0.3 is 9.52 Å². The molecule has 2 nitrogen and oxygen atoms in total. The number of hydrogen-bond acceptors (Lipinski definition) is 2. The molecule has 0 aromatic carbocycles. The van der Waals surface area contributed by atoms with Gasteiger partial charge >= 0.3 is 0 Å². The van der Waals surface area contributed by atoms with Gasteiger partial charge in [-0.2, -0.15) is 0 Å². The zero-order chi connectivity index (χ0) is 8.27. The van der Waals surface area contributed by atoms with Crippen LogP contribution < -0.4 is 0 Å². The smallest absolute Gasteiger partial charge is 0.0934 e. The van der Waals surface area contributed by atoms with Crippen molar-refractivity contribution in [3.05, 3.63) is 24.2 Å². The van der Waals surface area contributed by atoms with Crippen molar-refractivity contribution in [3.8, 4) is 0 Å². The molecule has 11 heavy (non-hydrogen) atoms. The van der Waals surface area contributed by atoms with E-state index in [1.165, 1.54) is 0 Å². The average Bonchev–Trinajstić information content (AvgIpc) is 2.39. The molecule has 0 aliphatic heterocycles. The summed E-state index contributed by atoms with van der Waals surface area (Å²) in [6.07, 6.45) is 4.02. The Bertz CT molecular complexity index is 189. The molecule has 0 fully saturated rings. The first-order valence-corrected chi connectivity index (χ1v) is 3.89. The number of furan rings is 1. The van der Waals surface area contributed by atoms with E-state index < -0.39 is 0 Å². The Kier molecular flexibility index (Phi) is 2.71. The molecular formula is C9H14O2. The number of aliphatic hydroxyl groups is 1. The normalized spacial score (nSPS) is 16.3. The Hall–Kier alpha value is -0.760. The second-order valence-electron chi connectivity index (χ2n) is 3.05. The molecule has 1 rings (SSSR count). The lowest BCUT2D eigenvalue weighted by atomic mass is 9.99. The fourth-order valence-electron chi connectivity index (χ4n) is 0.951. The molecule has 0 aliphatic rings. The maximum Gasteiger partial charge on any atom is 0.0934 e. The van der Waals surface area contributed by atoms with E-state index in [-0.39, 0.29) is 6.10 Å². The monoisotopic (exact) mass is 154 g/mol. The SMILES string of the molecule is CC(O)C(C)Cc1ccoc1. The summed E-state index contributed by atoms with van der Waals surface area (Å²) in [5.41, 5.74) is 1.15. The largest absolute Gasteiger partial charge is 0.472 e. The van der Waals surface area contributed by atoms with Crippen LogP contribution in [0.15, 0.2) is 23.0 Å².